The monoisotopic (exact) mass is 279 g/mol. The molecule has 4 heteroatoms. The van der Waals surface area contributed by atoms with Crippen LogP contribution in [0.5, 0.6) is 11.5 Å². The first-order valence-electron chi connectivity index (χ1n) is 7.32. The minimum Gasteiger partial charge on any atom is -0.497 e. The van der Waals surface area contributed by atoms with E-state index in [4.69, 9.17) is 14.2 Å². The van der Waals surface area contributed by atoms with Crippen molar-refractivity contribution in [1.29, 1.82) is 0 Å². The molecule has 1 aliphatic heterocycles. The Labute approximate surface area is 121 Å². The van der Waals surface area contributed by atoms with E-state index in [1.807, 2.05) is 24.3 Å². The molecular weight excluding hydrogens is 254 g/mol. The van der Waals surface area contributed by atoms with Gasteiger partial charge in [-0.15, -0.1) is 0 Å². The Kier molecular flexibility index (Phi) is 5.68. The molecule has 0 aromatic heterocycles. The Balaban J connectivity index is 1.65. The third kappa shape index (κ3) is 4.69. The molecule has 1 aromatic rings. The maximum atomic E-state index is 5.74. The van der Waals surface area contributed by atoms with Crippen molar-refractivity contribution in [3.8, 4) is 11.5 Å². The van der Waals surface area contributed by atoms with Crippen LogP contribution in [0.3, 0.4) is 0 Å². The molecule has 0 spiro atoms. The summed E-state index contributed by atoms with van der Waals surface area (Å²) in [4.78, 5) is 2.45. The largest absolute Gasteiger partial charge is 0.497 e. The molecule has 20 heavy (non-hydrogen) atoms. The lowest BCUT2D eigenvalue weighted by molar-refractivity contribution is -0.0686. The van der Waals surface area contributed by atoms with Gasteiger partial charge < -0.3 is 14.2 Å². The standard InChI is InChI=1S/C16H25NO3/c1-13-11-17(12-14(2)20-13)9-4-10-19-16-7-5-15(18-3)6-8-16/h5-8,13-14H,4,9-12H2,1-3H3/t13-,14-/m1/s1. The lowest BCUT2D eigenvalue weighted by atomic mass is 10.2. The molecule has 2 rings (SSSR count). The van der Waals surface area contributed by atoms with Gasteiger partial charge in [-0.3, -0.25) is 4.90 Å². The van der Waals surface area contributed by atoms with Gasteiger partial charge in [0.2, 0.25) is 0 Å². The minimum absolute atomic E-state index is 0.334. The molecular formula is C16H25NO3. The predicted molar refractivity (Wildman–Crippen MR) is 79.6 cm³/mol. The van der Waals surface area contributed by atoms with E-state index in [1.54, 1.807) is 7.11 Å². The number of ether oxygens (including phenoxy) is 3. The topological polar surface area (TPSA) is 30.9 Å². The zero-order chi connectivity index (χ0) is 14.4. The van der Waals surface area contributed by atoms with Crippen LogP contribution in [0.2, 0.25) is 0 Å². The van der Waals surface area contributed by atoms with E-state index in [0.717, 1.165) is 44.2 Å². The Morgan fingerprint density at radius 1 is 1.10 bits per heavy atom. The molecule has 0 unspecified atom stereocenters. The molecule has 112 valence electrons. The smallest absolute Gasteiger partial charge is 0.119 e. The second-order valence-electron chi connectivity index (χ2n) is 5.39. The van der Waals surface area contributed by atoms with Crippen molar-refractivity contribution in [3.63, 3.8) is 0 Å². The first-order valence-corrected chi connectivity index (χ1v) is 7.32. The van der Waals surface area contributed by atoms with Gasteiger partial charge in [-0.25, -0.2) is 0 Å². The summed E-state index contributed by atoms with van der Waals surface area (Å²) in [6, 6.07) is 7.72. The van der Waals surface area contributed by atoms with Crippen molar-refractivity contribution < 1.29 is 14.2 Å². The molecule has 0 bridgehead atoms. The van der Waals surface area contributed by atoms with E-state index in [9.17, 15) is 0 Å². The second-order valence-corrected chi connectivity index (χ2v) is 5.39. The van der Waals surface area contributed by atoms with Gasteiger partial charge in [-0.1, -0.05) is 0 Å². The predicted octanol–water partition coefficient (Wildman–Crippen LogP) is 2.57. The van der Waals surface area contributed by atoms with E-state index in [-0.39, 0.29) is 0 Å². The fourth-order valence-electron chi connectivity index (χ4n) is 2.62. The lowest BCUT2D eigenvalue weighted by Gasteiger charge is -2.35. The summed E-state index contributed by atoms with van der Waals surface area (Å²) >= 11 is 0. The van der Waals surface area contributed by atoms with E-state index in [0.29, 0.717) is 12.2 Å². The average Bonchev–Trinajstić information content (AvgIpc) is 2.43. The fraction of sp³-hybridized carbons (Fsp3) is 0.625. The van der Waals surface area contributed by atoms with Crippen molar-refractivity contribution in [3.05, 3.63) is 24.3 Å². The van der Waals surface area contributed by atoms with Crippen LogP contribution in [-0.2, 0) is 4.74 Å². The molecule has 0 amide bonds. The third-order valence-electron chi connectivity index (χ3n) is 3.44. The zero-order valence-electron chi connectivity index (χ0n) is 12.7. The first-order chi connectivity index (χ1) is 9.67. The lowest BCUT2D eigenvalue weighted by Crippen LogP contribution is -2.45. The Bertz CT molecular complexity index is 383. The van der Waals surface area contributed by atoms with Crippen LogP contribution in [0.25, 0.3) is 0 Å². The van der Waals surface area contributed by atoms with Crippen molar-refractivity contribution in [2.45, 2.75) is 32.5 Å². The van der Waals surface area contributed by atoms with E-state index in [2.05, 4.69) is 18.7 Å². The molecule has 1 fully saturated rings. The highest BCUT2D eigenvalue weighted by Crippen LogP contribution is 2.17. The summed E-state index contributed by atoms with van der Waals surface area (Å²) in [7, 11) is 1.67. The van der Waals surface area contributed by atoms with E-state index >= 15 is 0 Å². The summed E-state index contributed by atoms with van der Waals surface area (Å²) in [6.45, 7) is 8.12. The van der Waals surface area contributed by atoms with Gasteiger partial charge >= 0.3 is 0 Å². The van der Waals surface area contributed by atoms with Gasteiger partial charge in [0.05, 0.1) is 25.9 Å². The molecule has 2 atom stereocenters. The van der Waals surface area contributed by atoms with Gasteiger partial charge in [0, 0.05) is 19.6 Å². The second kappa shape index (κ2) is 7.50. The quantitative estimate of drug-likeness (QED) is 0.749. The van der Waals surface area contributed by atoms with Crippen LogP contribution in [0, 0.1) is 0 Å². The van der Waals surface area contributed by atoms with Gasteiger partial charge in [0.15, 0.2) is 0 Å². The van der Waals surface area contributed by atoms with E-state index in [1.165, 1.54) is 0 Å². The molecule has 1 aliphatic rings. The summed E-state index contributed by atoms with van der Waals surface area (Å²) in [5.41, 5.74) is 0. The maximum absolute atomic E-state index is 5.74. The van der Waals surface area contributed by atoms with Crippen molar-refractivity contribution in [2.24, 2.45) is 0 Å². The van der Waals surface area contributed by atoms with Crippen LogP contribution in [-0.4, -0.2) is 50.5 Å². The molecule has 1 saturated heterocycles. The number of morpholine rings is 1. The van der Waals surface area contributed by atoms with Crippen molar-refractivity contribution in [2.75, 3.05) is 33.4 Å². The molecule has 0 saturated carbocycles. The molecule has 1 heterocycles. The highest BCUT2D eigenvalue weighted by atomic mass is 16.5. The number of nitrogens with zero attached hydrogens (tertiary/aromatic N) is 1. The normalized spacial score (nSPS) is 23.6. The summed E-state index contributed by atoms with van der Waals surface area (Å²) in [5.74, 6) is 1.75. The highest BCUT2D eigenvalue weighted by Gasteiger charge is 2.21. The number of rotatable bonds is 6. The minimum atomic E-state index is 0.334. The zero-order valence-corrected chi connectivity index (χ0v) is 12.7. The van der Waals surface area contributed by atoms with Crippen LogP contribution in [0.1, 0.15) is 20.3 Å². The fourth-order valence-corrected chi connectivity index (χ4v) is 2.62. The average molecular weight is 279 g/mol. The third-order valence-corrected chi connectivity index (χ3v) is 3.44. The van der Waals surface area contributed by atoms with Crippen LogP contribution in [0.4, 0.5) is 0 Å². The SMILES string of the molecule is COc1ccc(OCCCN2C[C@@H](C)O[C@H](C)C2)cc1. The Morgan fingerprint density at radius 3 is 2.30 bits per heavy atom. The summed E-state index contributed by atoms with van der Waals surface area (Å²) in [5, 5.41) is 0. The Hall–Kier alpha value is -1.26. The van der Waals surface area contributed by atoms with Crippen LogP contribution >= 0.6 is 0 Å². The molecule has 0 N–H and O–H groups in total. The van der Waals surface area contributed by atoms with Gasteiger partial charge in [0.25, 0.3) is 0 Å². The van der Waals surface area contributed by atoms with Crippen LogP contribution < -0.4 is 9.47 Å². The van der Waals surface area contributed by atoms with Crippen molar-refractivity contribution >= 4 is 0 Å². The highest BCUT2D eigenvalue weighted by molar-refractivity contribution is 5.31. The van der Waals surface area contributed by atoms with Crippen molar-refractivity contribution in [1.82, 2.24) is 4.90 Å². The van der Waals surface area contributed by atoms with Gasteiger partial charge in [-0.2, -0.15) is 0 Å². The van der Waals surface area contributed by atoms with Gasteiger partial charge in [0.1, 0.15) is 11.5 Å². The molecule has 0 aliphatic carbocycles. The molecule has 1 aromatic carbocycles. The number of benzene rings is 1. The summed E-state index contributed by atoms with van der Waals surface area (Å²) < 4.78 is 16.6. The molecule has 0 radical (unpaired) electrons. The number of hydrogen-bond acceptors (Lipinski definition) is 4. The van der Waals surface area contributed by atoms with E-state index < -0.39 is 0 Å². The number of hydrogen-bond donors (Lipinski definition) is 0. The van der Waals surface area contributed by atoms with Crippen LogP contribution in [0.15, 0.2) is 24.3 Å². The first kappa shape index (κ1) is 15.1. The Morgan fingerprint density at radius 2 is 1.70 bits per heavy atom. The number of methoxy groups -OCH3 is 1. The molecule has 4 nitrogen and oxygen atoms in total. The maximum Gasteiger partial charge on any atom is 0.119 e. The summed E-state index contributed by atoms with van der Waals surface area (Å²) in [6.07, 6.45) is 1.70. The van der Waals surface area contributed by atoms with Gasteiger partial charge in [-0.05, 0) is 44.5 Å².